The van der Waals surface area contributed by atoms with Crippen LogP contribution in [0.2, 0.25) is 5.02 Å². The van der Waals surface area contributed by atoms with E-state index in [4.69, 9.17) is 16.7 Å². The summed E-state index contributed by atoms with van der Waals surface area (Å²) in [5.41, 5.74) is 2.76. The summed E-state index contributed by atoms with van der Waals surface area (Å²) in [4.78, 5) is 11.1. The second-order valence-electron chi connectivity index (χ2n) is 5.37. The molecule has 0 bridgehead atoms. The molecule has 0 heterocycles. The Morgan fingerprint density at radius 3 is 2.26 bits per heavy atom. The Labute approximate surface area is 140 Å². The highest BCUT2D eigenvalue weighted by atomic mass is 35.5. The van der Waals surface area contributed by atoms with Gasteiger partial charge in [0.05, 0.1) is 0 Å². The van der Waals surface area contributed by atoms with E-state index in [-0.39, 0.29) is 6.42 Å². The summed E-state index contributed by atoms with van der Waals surface area (Å²) in [6, 6.07) is 15.0. The van der Waals surface area contributed by atoms with Gasteiger partial charge in [-0.25, -0.2) is 8.42 Å². The number of carboxylic acids is 1. The molecular formula is C17H17ClO4S. The van der Waals surface area contributed by atoms with Crippen molar-refractivity contribution in [2.24, 2.45) is 0 Å². The lowest BCUT2D eigenvalue weighted by Crippen LogP contribution is -2.29. The van der Waals surface area contributed by atoms with Crippen molar-refractivity contribution in [3.8, 4) is 11.1 Å². The van der Waals surface area contributed by atoms with Crippen LogP contribution in [-0.4, -0.2) is 31.0 Å². The predicted octanol–water partition coefficient (Wildman–Crippen LogP) is 3.44. The first-order valence-corrected chi connectivity index (χ1v) is 9.38. The first kappa shape index (κ1) is 17.5. The van der Waals surface area contributed by atoms with Crippen molar-refractivity contribution in [2.45, 2.75) is 18.1 Å². The number of sulfone groups is 1. The van der Waals surface area contributed by atoms with E-state index in [1.165, 1.54) is 0 Å². The van der Waals surface area contributed by atoms with E-state index in [0.29, 0.717) is 11.4 Å². The van der Waals surface area contributed by atoms with Crippen molar-refractivity contribution in [2.75, 3.05) is 6.26 Å². The van der Waals surface area contributed by atoms with Crippen molar-refractivity contribution < 1.29 is 18.3 Å². The van der Waals surface area contributed by atoms with Gasteiger partial charge >= 0.3 is 5.97 Å². The molecule has 4 nitrogen and oxygen atoms in total. The lowest BCUT2D eigenvalue weighted by Gasteiger charge is -2.10. The average molecular weight is 353 g/mol. The molecule has 0 aliphatic heterocycles. The number of hydrogen-bond donors (Lipinski definition) is 1. The number of carboxylic acid groups (broad SMARTS) is 1. The minimum absolute atomic E-state index is 0.0552. The van der Waals surface area contributed by atoms with Crippen molar-refractivity contribution in [3.05, 3.63) is 59.1 Å². The fourth-order valence-electron chi connectivity index (χ4n) is 2.36. The van der Waals surface area contributed by atoms with Crippen molar-refractivity contribution >= 4 is 27.4 Å². The molecule has 0 aliphatic carbocycles. The smallest absolute Gasteiger partial charge is 0.321 e. The summed E-state index contributed by atoms with van der Waals surface area (Å²) < 4.78 is 23.0. The lowest BCUT2D eigenvalue weighted by molar-refractivity contribution is -0.136. The number of halogens is 1. The van der Waals surface area contributed by atoms with Crippen LogP contribution in [0, 0.1) is 0 Å². The van der Waals surface area contributed by atoms with E-state index in [0.717, 1.165) is 22.9 Å². The van der Waals surface area contributed by atoms with E-state index < -0.39 is 21.1 Å². The first-order chi connectivity index (χ1) is 10.8. The molecule has 0 fully saturated rings. The largest absolute Gasteiger partial charge is 0.480 e. The zero-order valence-electron chi connectivity index (χ0n) is 12.6. The van der Waals surface area contributed by atoms with E-state index in [2.05, 4.69) is 0 Å². The number of carbonyl (C=O) groups is 1. The molecule has 1 unspecified atom stereocenters. The van der Waals surface area contributed by atoms with Crippen molar-refractivity contribution in [3.63, 3.8) is 0 Å². The van der Waals surface area contributed by atoms with Gasteiger partial charge in [0.1, 0.15) is 0 Å². The van der Waals surface area contributed by atoms with Crippen LogP contribution in [0.3, 0.4) is 0 Å². The molecule has 2 aromatic carbocycles. The third kappa shape index (κ3) is 4.56. The highest BCUT2D eigenvalue weighted by Crippen LogP contribution is 2.27. The van der Waals surface area contributed by atoms with Crippen molar-refractivity contribution in [1.82, 2.24) is 0 Å². The molecule has 2 rings (SSSR count). The quantitative estimate of drug-likeness (QED) is 0.864. The van der Waals surface area contributed by atoms with Gasteiger partial charge in [0.15, 0.2) is 15.1 Å². The standard InChI is InChI=1S/C17H17ClO4S/c1-23(21,22)16(17(19)20)11-8-12-6-9-13(10-7-12)14-4-2-3-5-15(14)18/h2-7,9-10,16H,8,11H2,1H3,(H,19,20). The number of benzene rings is 2. The van der Waals surface area contributed by atoms with Crippen LogP contribution < -0.4 is 0 Å². The Morgan fingerprint density at radius 2 is 1.74 bits per heavy atom. The fraction of sp³-hybridized carbons (Fsp3) is 0.235. The van der Waals surface area contributed by atoms with E-state index >= 15 is 0 Å². The second kappa shape index (κ2) is 7.15. The summed E-state index contributed by atoms with van der Waals surface area (Å²) in [6.07, 6.45) is 1.39. The van der Waals surface area contributed by atoms with Gasteiger partial charge in [-0.05, 0) is 30.0 Å². The summed E-state index contributed by atoms with van der Waals surface area (Å²) in [6.45, 7) is 0. The van der Waals surface area contributed by atoms with Gasteiger partial charge in [-0.2, -0.15) is 0 Å². The normalized spacial score (nSPS) is 12.8. The molecular weight excluding hydrogens is 336 g/mol. The number of aryl methyl sites for hydroxylation is 1. The molecule has 1 N–H and O–H groups in total. The Bertz CT molecular complexity index is 798. The van der Waals surface area contributed by atoms with Gasteiger partial charge in [0, 0.05) is 16.8 Å². The topological polar surface area (TPSA) is 71.4 Å². The molecule has 0 aliphatic rings. The van der Waals surface area contributed by atoms with Crippen LogP contribution in [0.1, 0.15) is 12.0 Å². The Morgan fingerprint density at radius 1 is 1.13 bits per heavy atom. The molecule has 122 valence electrons. The molecule has 1 atom stereocenters. The summed E-state index contributed by atoms with van der Waals surface area (Å²) in [5, 5.41) is 8.30. The Kier molecular flexibility index (Phi) is 5.44. The molecule has 0 saturated carbocycles. The molecule has 23 heavy (non-hydrogen) atoms. The maximum atomic E-state index is 11.5. The van der Waals surface area contributed by atoms with Gasteiger partial charge in [0.25, 0.3) is 0 Å². The van der Waals surface area contributed by atoms with Gasteiger partial charge < -0.3 is 5.11 Å². The van der Waals surface area contributed by atoms with Gasteiger partial charge in [-0.15, -0.1) is 0 Å². The zero-order valence-corrected chi connectivity index (χ0v) is 14.1. The SMILES string of the molecule is CS(=O)(=O)C(CCc1ccc(-c2ccccc2Cl)cc1)C(=O)O. The molecule has 0 aromatic heterocycles. The summed E-state index contributed by atoms with van der Waals surface area (Å²) >= 11 is 6.15. The van der Waals surface area contributed by atoms with E-state index in [1.54, 1.807) is 0 Å². The predicted molar refractivity (Wildman–Crippen MR) is 91.5 cm³/mol. The van der Waals surface area contributed by atoms with Crippen LogP contribution in [0.15, 0.2) is 48.5 Å². The number of aliphatic carboxylic acids is 1. The molecule has 2 aromatic rings. The minimum atomic E-state index is -3.61. The minimum Gasteiger partial charge on any atom is -0.480 e. The molecule has 0 amide bonds. The third-order valence-corrected chi connectivity index (χ3v) is 5.43. The molecule has 0 spiro atoms. The van der Waals surface area contributed by atoms with Crippen LogP contribution >= 0.6 is 11.6 Å². The molecule has 0 saturated heterocycles. The molecule has 0 radical (unpaired) electrons. The third-order valence-electron chi connectivity index (χ3n) is 3.63. The number of hydrogen-bond acceptors (Lipinski definition) is 3. The average Bonchev–Trinajstić information content (AvgIpc) is 2.47. The van der Waals surface area contributed by atoms with Gasteiger partial charge in [-0.1, -0.05) is 54.1 Å². The monoisotopic (exact) mass is 352 g/mol. The van der Waals surface area contributed by atoms with Gasteiger partial charge in [-0.3, -0.25) is 4.79 Å². The second-order valence-corrected chi connectivity index (χ2v) is 8.01. The van der Waals surface area contributed by atoms with Crippen LogP contribution in [0.25, 0.3) is 11.1 Å². The maximum absolute atomic E-state index is 11.5. The summed E-state index contributed by atoms with van der Waals surface area (Å²) in [7, 11) is -3.61. The van der Waals surface area contributed by atoms with Crippen molar-refractivity contribution in [1.29, 1.82) is 0 Å². The molecule has 6 heteroatoms. The first-order valence-electron chi connectivity index (χ1n) is 7.04. The van der Waals surface area contributed by atoms with E-state index in [1.807, 2.05) is 48.5 Å². The zero-order chi connectivity index (χ0) is 17.0. The Hall–Kier alpha value is -1.85. The fourth-order valence-corrected chi connectivity index (χ4v) is 3.52. The van der Waals surface area contributed by atoms with E-state index in [9.17, 15) is 13.2 Å². The van der Waals surface area contributed by atoms with Crippen LogP contribution in [-0.2, 0) is 21.1 Å². The van der Waals surface area contributed by atoms with Crippen LogP contribution in [0.5, 0.6) is 0 Å². The van der Waals surface area contributed by atoms with Crippen LogP contribution in [0.4, 0.5) is 0 Å². The Balaban J connectivity index is 2.12. The lowest BCUT2D eigenvalue weighted by atomic mass is 10.0. The number of rotatable bonds is 6. The highest BCUT2D eigenvalue weighted by Gasteiger charge is 2.27. The summed E-state index contributed by atoms with van der Waals surface area (Å²) in [5.74, 6) is -1.31. The maximum Gasteiger partial charge on any atom is 0.321 e. The highest BCUT2D eigenvalue weighted by molar-refractivity contribution is 7.92. The van der Waals surface area contributed by atoms with Gasteiger partial charge in [0.2, 0.25) is 0 Å².